The van der Waals surface area contributed by atoms with Gasteiger partial charge in [0.05, 0.1) is 11.9 Å². The van der Waals surface area contributed by atoms with Crippen LogP contribution in [0.3, 0.4) is 0 Å². The number of benzene rings is 1. The number of hydrogen-bond acceptors (Lipinski definition) is 3. The maximum atomic E-state index is 3.99. The lowest BCUT2D eigenvalue weighted by Gasteiger charge is -2.06. The van der Waals surface area contributed by atoms with Crippen molar-refractivity contribution in [2.45, 2.75) is 26.6 Å². The molecular weight excluding hydrogens is 280 g/mol. The lowest BCUT2D eigenvalue weighted by atomic mass is 10.2. The molecular formula is C12H15BrN4. The predicted octanol–water partition coefficient (Wildman–Crippen LogP) is 2.35. The zero-order chi connectivity index (χ0) is 12.1. The summed E-state index contributed by atoms with van der Waals surface area (Å²) in [5, 5.41) is 11.3. The first-order valence-corrected chi connectivity index (χ1v) is 6.41. The summed E-state index contributed by atoms with van der Waals surface area (Å²) in [6, 6.07) is 8.31. The average molecular weight is 295 g/mol. The van der Waals surface area contributed by atoms with Gasteiger partial charge >= 0.3 is 0 Å². The third kappa shape index (κ3) is 3.38. The molecule has 0 bridgehead atoms. The van der Waals surface area contributed by atoms with Crippen molar-refractivity contribution in [1.29, 1.82) is 0 Å². The molecule has 0 radical (unpaired) electrons. The van der Waals surface area contributed by atoms with Crippen molar-refractivity contribution in [1.82, 2.24) is 20.3 Å². The Hall–Kier alpha value is -1.20. The second-order valence-corrected chi connectivity index (χ2v) is 4.69. The van der Waals surface area contributed by atoms with Crippen molar-refractivity contribution in [3.63, 3.8) is 0 Å². The fourth-order valence-corrected chi connectivity index (χ4v) is 1.88. The average Bonchev–Trinajstić information content (AvgIpc) is 2.79. The van der Waals surface area contributed by atoms with Gasteiger partial charge < -0.3 is 5.32 Å². The predicted molar refractivity (Wildman–Crippen MR) is 70.4 cm³/mol. The lowest BCUT2D eigenvalue weighted by Crippen LogP contribution is -2.16. The van der Waals surface area contributed by atoms with Crippen molar-refractivity contribution in [2.24, 2.45) is 0 Å². The zero-order valence-electron chi connectivity index (χ0n) is 9.73. The Morgan fingerprint density at radius 3 is 2.71 bits per heavy atom. The molecule has 1 aromatic carbocycles. The number of nitrogens with one attached hydrogen (secondary N) is 1. The van der Waals surface area contributed by atoms with Crippen LogP contribution in [-0.2, 0) is 19.6 Å². The monoisotopic (exact) mass is 294 g/mol. The molecule has 0 atom stereocenters. The molecule has 2 rings (SSSR count). The number of halogens is 1. The molecule has 4 nitrogen and oxygen atoms in total. The summed E-state index contributed by atoms with van der Waals surface area (Å²) in [5.41, 5.74) is 2.38. The number of nitrogens with zero attached hydrogens (tertiary/aromatic N) is 3. The first-order chi connectivity index (χ1) is 8.29. The molecule has 0 saturated carbocycles. The van der Waals surface area contributed by atoms with Crippen LogP contribution < -0.4 is 5.32 Å². The Morgan fingerprint density at radius 1 is 1.24 bits per heavy atom. The van der Waals surface area contributed by atoms with Gasteiger partial charge in [-0.3, -0.25) is 0 Å². The van der Waals surface area contributed by atoms with E-state index in [1.807, 2.05) is 4.68 Å². The van der Waals surface area contributed by atoms with Gasteiger partial charge in [-0.25, -0.2) is 4.68 Å². The summed E-state index contributed by atoms with van der Waals surface area (Å²) in [6.45, 7) is 4.56. The van der Waals surface area contributed by atoms with Crippen LogP contribution in [0.2, 0.25) is 0 Å². The van der Waals surface area contributed by atoms with Crippen LogP contribution in [0.5, 0.6) is 0 Å². The van der Waals surface area contributed by atoms with E-state index in [0.717, 1.165) is 29.8 Å². The first kappa shape index (κ1) is 12.3. The Balaban J connectivity index is 1.85. The molecule has 0 unspecified atom stereocenters. The smallest absolute Gasteiger partial charge is 0.0738 e. The Morgan fingerprint density at radius 2 is 2.00 bits per heavy atom. The van der Waals surface area contributed by atoms with Crippen LogP contribution in [0.4, 0.5) is 0 Å². The van der Waals surface area contributed by atoms with Crippen molar-refractivity contribution in [2.75, 3.05) is 0 Å². The first-order valence-electron chi connectivity index (χ1n) is 5.62. The number of aryl methyl sites for hydroxylation is 1. The van der Waals surface area contributed by atoms with Crippen LogP contribution in [0, 0.1) is 0 Å². The van der Waals surface area contributed by atoms with Crippen molar-refractivity contribution in [3.8, 4) is 0 Å². The molecule has 0 aliphatic heterocycles. The van der Waals surface area contributed by atoms with Gasteiger partial charge in [0.25, 0.3) is 0 Å². The molecule has 5 heteroatoms. The van der Waals surface area contributed by atoms with E-state index < -0.39 is 0 Å². The lowest BCUT2D eigenvalue weighted by molar-refractivity contribution is 0.568. The summed E-state index contributed by atoms with van der Waals surface area (Å²) in [4.78, 5) is 0. The van der Waals surface area contributed by atoms with Gasteiger partial charge in [-0.1, -0.05) is 33.3 Å². The van der Waals surface area contributed by atoms with E-state index in [1.165, 1.54) is 5.56 Å². The van der Waals surface area contributed by atoms with E-state index in [-0.39, 0.29) is 0 Å². The van der Waals surface area contributed by atoms with Crippen molar-refractivity contribution < 1.29 is 0 Å². The van der Waals surface area contributed by atoms with E-state index in [2.05, 4.69) is 62.7 Å². The fourth-order valence-electron chi connectivity index (χ4n) is 1.62. The molecule has 0 spiro atoms. The Labute approximate surface area is 109 Å². The van der Waals surface area contributed by atoms with Gasteiger partial charge in [0.1, 0.15) is 0 Å². The van der Waals surface area contributed by atoms with Gasteiger partial charge in [0.2, 0.25) is 0 Å². The summed E-state index contributed by atoms with van der Waals surface area (Å²) in [5.74, 6) is 0. The van der Waals surface area contributed by atoms with Gasteiger partial charge in [0, 0.05) is 24.1 Å². The zero-order valence-corrected chi connectivity index (χ0v) is 11.3. The van der Waals surface area contributed by atoms with E-state index in [1.54, 1.807) is 6.20 Å². The second-order valence-electron chi connectivity index (χ2n) is 3.77. The normalized spacial score (nSPS) is 10.7. The number of hydrogen-bond donors (Lipinski definition) is 1. The largest absolute Gasteiger partial charge is 0.307 e. The highest BCUT2D eigenvalue weighted by atomic mass is 79.9. The van der Waals surface area contributed by atoms with Crippen LogP contribution in [0.1, 0.15) is 18.2 Å². The van der Waals surface area contributed by atoms with Gasteiger partial charge in [-0.15, -0.1) is 5.10 Å². The molecule has 0 amide bonds. The SMILES string of the molecule is CCn1nncc1CNCc1ccc(Br)cc1. The van der Waals surface area contributed by atoms with E-state index >= 15 is 0 Å². The maximum Gasteiger partial charge on any atom is 0.0738 e. The molecule has 0 aliphatic carbocycles. The van der Waals surface area contributed by atoms with Gasteiger partial charge in [-0.05, 0) is 24.6 Å². The molecule has 17 heavy (non-hydrogen) atoms. The fraction of sp³-hybridized carbons (Fsp3) is 0.333. The van der Waals surface area contributed by atoms with Gasteiger partial charge in [0.15, 0.2) is 0 Å². The summed E-state index contributed by atoms with van der Waals surface area (Å²) in [7, 11) is 0. The molecule has 0 fully saturated rings. The van der Waals surface area contributed by atoms with Crippen LogP contribution in [-0.4, -0.2) is 15.0 Å². The second kappa shape index (κ2) is 5.93. The van der Waals surface area contributed by atoms with Gasteiger partial charge in [-0.2, -0.15) is 0 Å². The Bertz CT molecular complexity index is 464. The molecule has 90 valence electrons. The topological polar surface area (TPSA) is 42.7 Å². The van der Waals surface area contributed by atoms with E-state index in [9.17, 15) is 0 Å². The number of aromatic nitrogens is 3. The highest BCUT2D eigenvalue weighted by Crippen LogP contribution is 2.10. The molecule has 0 aliphatic rings. The highest BCUT2D eigenvalue weighted by molar-refractivity contribution is 9.10. The van der Waals surface area contributed by atoms with E-state index in [0.29, 0.717) is 0 Å². The number of rotatable bonds is 5. The maximum absolute atomic E-state index is 3.99. The Kier molecular flexibility index (Phi) is 4.28. The highest BCUT2D eigenvalue weighted by Gasteiger charge is 2.01. The minimum atomic E-state index is 0.789. The van der Waals surface area contributed by atoms with Crippen molar-refractivity contribution >= 4 is 15.9 Å². The molecule has 1 aromatic heterocycles. The van der Waals surface area contributed by atoms with Crippen LogP contribution >= 0.6 is 15.9 Å². The molecule has 2 aromatic rings. The summed E-state index contributed by atoms with van der Waals surface area (Å²) in [6.07, 6.45) is 1.80. The quantitative estimate of drug-likeness (QED) is 0.920. The summed E-state index contributed by atoms with van der Waals surface area (Å²) < 4.78 is 3.00. The van der Waals surface area contributed by atoms with Crippen LogP contribution in [0.15, 0.2) is 34.9 Å². The summed E-state index contributed by atoms with van der Waals surface area (Å²) >= 11 is 3.42. The molecule has 1 N–H and O–H groups in total. The van der Waals surface area contributed by atoms with Crippen molar-refractivity contribution in [3.05, 3.63) is 46.2 Å². The third-order valence-corrected chi connectivity index (χ3v) is 3.07. The van der Waals surface area contributed by atoms with E-state index in [4.69, 9.17) is 0 Å². The van der Waals surface area contributed by atoms with Crippen LogP contribution in [0.25, 0.3) is 0 Å². The molecule has 1 heterocycles. The standard InChI is InChI=1S/C12H15BrN4/c1-2-17-12(9-15-16-17)8-14-7-10-3-5-11(13)6-4-10/h3-6,9,14H,2,7-8H2,1H3. The minimum absolute atomic E-state index is 0.789. The third-order valence-electron chi connectivity index (χ3n) is 2.55. The molecule has 0 saturated heterocycles. The minimum Gasteiger partial charge on any atom is -0.307 e.